The first-order chi connectivity index (χ1) is 28.2. The standard InChI is InChI=1S/C45H62N8O5/c1-48-38(29-33-18-7-3-8-19-33)41(54)51-37(23-11-13-25-46)44(57)52-27-15-24-39(52)45(58)53(43(56)36(47)28-32-16-5-2-6-17-32)40(30-34-20-9-4-10-21-34)42(55)50-31-35-22-12-14-26-49-35/h3-4,7-10,12,14,18-22,26,32,36-40,48H,2,5-6,11,13,15-17,23-25,27-31,46-47H2,1H3,(H,50,55)(H,51,54)/t36-,37+,38+,39+,40+/m1/s1. The summed E-state index contributed by atoms with van der Waals surface area (Å²) in [6, 6.07) is 19.4. The quantitative estimate of drug-likeness (QED) is 0.107. The SMILES string of the molecule is CN[C@@H](Cc1ccccc1)C(=O)N[C@@H](CCCCN)C(=O)N1CCC[C@H]1C(=O)N(C(=O)[C@H](N)CC1CCCCC1)[C@@H](Cc1ccccc1)C(=O)NCc1ccccn1. The molecule has 1 aliphatic heterocycles. The monoisotopic (exact) mass is 794 g/mol. The third-order valence-corrected chi connectivity index (χ3v) is 11.5. The molecule has 5 amide bonds. The van der Waals surface area contributed by atoms with E-state index in [-0.39, 0.29) is 37.8 Å². The smallest absolute Gasteiger partial charge is 0.252 e. The first kappa shape index (κ1) is 44.1. The normalized spacial score (nSPS) is 17.8. The summed E-state index contributed by atoms with van der Waals surface area (Å²) < 4.78 is 0. The number of pyridine rings is 1. The number of unbranched alkanes of at least 4 members (excludes halogenated alkanes) is 1. The van der Waals surface area contributed by atoms with E-state index in [1.807, 2.05) is 66.7 Å². The number of nitrogens with two attached hydrogens (primary N) is 2. The van der Waals surface area contributed by atoms with Gasteiger partial charge in [-0.2, -0.15) is 0 Å². The molecular weight excluding hydrogens is 733 g/mol. The first-order valence-corrected chi connectivity index (χ1v) is 21.1. The topological polar surface area (TPSA) is 193 Å². The van der Waals surface area contributed by atoms with Crippen LogP contribution < -0.4 is 27.4 Å². The summed E-state index contributed by atoms with van der Waals surface area (Å²) in [7, 11) is 1.70. The second-order valence-electron chi connectivity index (χ2n) is 15.7. The van der Waals surface area contributed by atoms with Gasteiger partial charge in [-0.3, -0.25) is 33.9 Å². The van der Waals surface area contributed by atoms with Gasteiger partial charge in [0.15, 0.2) is 0 Å². The van der Waals surface area contributed by atoms with Crippen LogP contribution in [0.25, 0.3) is 0 Å². The van der Waals surface area contributed by atoms with Crippen molar-refractivity contribution in [3.8, 4) is 0 Å². The van der Waals surface area contributed by atoms with Gasteiger partial charge in [-0.15, -0.1) is 0 Å². The fourth-order valence-electron chi connectivity index (χ4n) is 8.26. The number of hydrogen-bond donors (Lipinski definition) is 5. The molecule has 13 nitrogen and oxygen atoms in total. The fraction of sp³-hybridized carbons (Fsp3) is 0.511. The molecule has 0 bridgehead atoms. The van der Waals surface area contributed by atoms with E-state index in [4.69, 9.17) is 11.5 Å². The van der Waals surface area contributed by atoms with Crippen LogP contribution in [0.4, 0.5) is 0 Å². The van der Waals surface area contributed by atoms with Crippen molar-refractivity contribution in [2.24, 2.45) is 17.4 Å². The van der Waals surface area contributed by atoms with E-state index in [1.54, 1.807) is 25.4 Å². The van der Waals surface area contributed by atoms with Crippen LogP contribution >= 0.6 is 0 Å². The Morgan fingerprint density at radius 2 is 1.48 bits per heavy atom. The van der Waals surface area contributed by atoms with Crippen molar-refractivity contribution in [3.63, 3.8) is 0 Å². The van der Waals surface area contributed by atoms with Crippen molar-refractivity contribution >= 4 is 29.5 Å². The lowest BCUT2D eigenvalue weighted by Gasteiger charge is -2.37. The highest BCUT2D eigenvalue weighted by Gasteiger charge is 2.45. The average Bonchev–Trinajstić information content (AvgIpc) is 3.75. The summed E-state index contributed by atoms with van der Waals surface area (Å²) in [5.41, 5.74) is 14.9. The summed E-state index contributed by atoms with van der Waals surface area (Å²) in [6.07, 6.45) is 10.0. The van der Waals surface area contributed by atoms with Crippen LogP contribution in [0.3, 0.4) is 0 Å². The highest BCUT2D eigenvalue weighted by atomic mass is 16.2. The Kier molecular flexibility index (Phi) is 17.4. The number of nitrogens with zero attached hydrogens (tertiary/aromatic N) is 3. The van der Waals surface area contributed by atoms with Crippen LogP contribution in [0.1, 0.15) is 87.4 Å². The number of likely N-dealkylation sites (tertiary alicyclic amines) is 1. The van der Waals surface area contributed by atoms with Gasteiger partial charge >= 0.3 is 0 Å². The average molecular weight is 795 g/mol. The van der Waals surface area contributed by atoms with Crippen molar-refractivity contribution in [3.05, 3.63) is 102 Å². The van der Waals surface area contributed by atoms with Crippen LogP contribution in [0.15, 0.2) is 85.1 Å². The Labute approximate surface area is 343 Å². The van der Waals surface area contributed by atoms with E-state index in [9.17, 15) is 19.2 Å². The molecule has 312 valence electrons. The molecule has 2 aliphatic rings. The lowest BCUT2D eigenvalue weighted by Crippen LogP contribution is -2.62. The van der Waals surface area contributed by atoms with Gasteiger partial charge in [-0.05, 0) is 87.7 Å². The molecule has 58 heavy (non-hydrogen) atoms. The van der Waals surface area contributed by atoms with Crippen molar-refractivity contribution in [1.29, 1.82) is 0 Å². The number of aromatic nitrogens is 1. The Hall–Kier alpha value is -4.98. The molecule has 1 saturated heterocycles. The van der Waals surface area contributed by atoms with E-state index in [0.29, 0.717) is 50.8 Å². The molecule has 3 aromatic rings. The van der Waals surface area contributed by atoms with Gasteiger partial charge < -0.3 is 32.3 Å². The maximum Gasteiger partial charge on any atom is 0.252 e. The van der Waals surface area contributed by atoms with Crippen molar-refractivity contribution in [2.45, 2.75) is 120 Å². The molecule has 2 fully saturated rings. The number of benzene rings is 2. The van der Waals surface area contributed by atoms with Gasteiger partial charge in [-0.1, -0.05) is 98.8 Å². The van der Waals surface area contributed by atoms with E-state index < -0.39 is 53.8 Å². The minimum atomic E-state index is -1.25. The third-order valence-electron chi connectivity index (χ3n) is 11.5. The molecule has 1 saturated carbocycles. The summed E-state index contributed by atoms with van der Waals surface area (Å²) in [5, 5.41) is 8.99. The molecule has 5 atom stereocenters. The minimum Gasteiger partial charge on any atom is -0.349 e. The first-order valence-electron chi connectivity index (χ1n) is 21.1. The Balaban J connectivity index is 1.44. The Morgan fingerprint density at radius 1 is 0.810 bits per heavy atom. The summed E-state index contributed by atoms with van der Waals surface area (Å²) in [6.45, 7) is 0.769. The maximum atomic E-state index is 15.1. The number of nitrogens with one attached hydrogen (secondary N) is 3. The zero-order chi connectivity index (χ0) is 41.3. The van der Waals surface area contributed by atoms with Gasteiger partial charge in [0.2, 0.25) is 23.6 Å². The molecule has 13 heteroatoms. The lowest BCUT2D eigenvalue weighted by atomic mass is 9.84. The minimum absolute atomic E-state index is 0.0494. The van der Waals surface area contributed by atoms with Crippen LogP contribution in [0.2, 0.25) is 0 Å². The zero-order valence-corrected chi connectivity index (χ0v) is 33.9. The van der Waals surface area contributed by atoms with E-state index in [1.165, 1.54) is 4.90 Å². The van der Waals surface area contributed by atoms with Crippen molar-refractivity contribution in [2.75, 3.05) is 20.1 Å². The number of carbonyl (C=O) groups excluding carboxylic acids is 5. The van der Waals surface area contributed by atoms with E-state index in [0.717, 1.165) is 48.1 Å². The predicted octanol–water partition coefficient (Wildman–Crippen LogP) is 3.40. The molecule has 0 radical (unpaired) electrons. The second-order valence-corrected chi connectivity index (χ2v) is 15.7. The number of imide groups is 1. The number of carbonyl (C=O) groups is 5. The van der Waals surface area contributed by atoms with Gasteiger partial charge in [0.1, 0.15) is 18.1 Å². The highest BCUT2D eigenvalue weighted by Crippen LogP contribution is 2.29. The largest absolute Gasteiger partial charge is 0.349 e. The van der Waals surface area contributed by atoms with Crippen molar-refractivity contribution in [1.82, 2.24) is 30.7 Å². The highest BCUT2D eigenvalue weighted by molar-refractivity contribution is 6.05. The molecule has 1 aromatic heterocycles. The van der Waals surface area contributed by atoms with E-state index >= 15 is 4.79 Å². The summed E-state index contributed by atoms with van der Waals surface area (Å²) in [5.74, 6) is -2.31. The predicted molar refractivity (Wildman–Crippen MR) is 224 cm³/mol. The van der Waals surface area contributed by atoms with Crippen LogP contribution in [-0.2, 0) is 43.4 Å². The molecule has 1 aliphatic carbocycles. The molecular formula is C45H62N8O5. The van der Waals surface area contributed by atoms with Gasteiger partial charge in [0, 0.05) is 19.2 Å². The van der Waals surface area contributed by atoms with Crippen LogP contribution in [0, 0.1) is 5.92 Å². The number of amides is 5. The fourth-order valence-corrected chi connectivity index (χ4v) is 8.26. The van der Waals surface area contributed by atoms with Crippen LogP contribution in [-0.4, -0.2) is 94.7 Å². The van der Waals surface area contributed by atoms with Gasteiger partial charge in [0.25, 0.3) is 5.91 Å². The Bertz CT molecular complexity index is 1760. The molecule has 0 unspecified atom stereocenters. The van der Waals surface area contributed by atoms with E-state index in [2.05, 4.69) is 20.9 Å². The molecule has 2 aromatic carbocycles. The number of rotatable bonds is 20. The lowest BCUT2D eigenvalue weighted by molar-refractivity contribution is -0.158. The number of hydrogen-bond acceptors (Lipinski definition) is 9. The number of likely N-dealkylation sites (N-methyl/N-ethyl adjacent to an activating group) is 1. The maximum absolute atomic E-state index is 15.1. The summed E-state index contributed by atoms with van der Waals surface area (Å²) >= 11 is 0. The molecule has 5 rings (SSSR count). The van der Waals surface area contributed by atoms with Crippen molar-refractivity contribution < 1.29 is 24.0 Å². The third kappa shape index (κ3) is 12.5. The van der Waals surface area contributed by atoms with Gasteiger partial charge in [0.05, 0.1) is 24.3 Å². The summed E-state index contributed by atoms with van der Waals surface area (Å²) in [4.78, 5) is 79.4. The second kappa shape index (κ2) is 22.8. The Morgan fingerprint density at radius 3 is 2.12 bits per heavy atom. The molecule has 7 N–H and O–H groups in total. The zero-order valence-electron chi connectivity index (χ0n) is 33.9. The van der Waals surface area contributed by atoms with Gasteiger partial charge in [-0.25, -0.2) is 0 Å². The van der Waals surface area contributed by atoms with Crippen LogP contribution in [0.5, 0.6) is 0 Å². The molecule has 0 spiro atoms. The molecule has 2 heterocycles.